The highest BCUT2D eigenvalue weighted by atomic mass is 32.2. The number of anilines is 1. The predicted molar refractivity (Wildman–Crippen MR) is 182 cm³/mol. The number of sulfonamides is 1. The van der Waals surface area contributed by atoms with Gasteiger partial charge in [0.2, 0.25) is 0 Å². The lowest BCUT2D eigenvalue weighted by atomic mass is 9.96. The van der Waals surface area contributed by atoms with Crippen LogP contribution in [0.4, 0.5) is 10.5 Å². The first-order valence-corrected chi connectivity index (χ1v) is 18.4. The van der Waals surface area contributed by atoms with Gasteiger partial charge in [-0.3, -0.25) is 9.52 Å². The van der Waals surface area contributed by atoms with Gasteiger partial charge in [0.15, 0.2) is 0 Å². The number of urea groups is 1. The minimum Gasteiger partial charge on any atom is -0.490 e. The van der Waals surface area contributed by atoms with Crippen LogP contribution in [-0.4, -0.2) is 92.9 Å². The van der Waals surface area contributed by atoms with E-state index in [1.807, 2.05) is 13.8 Å². The summed E-state index contributed by atoms with van der Waals surface area (Å²) in [4.78, 5) is 30.8. The van der Waals surface area contributed by atoms with Gasteiger partial charge in [-0.15, -0.1) is 0 Å². The summed E-state index contributed by atoms with van der Waals surface area (Å²) in [5.41, 5.74) is 0.408. The summed E-state index contributed by atoms with van der Waals surface area (Å²) in [7, 11) is -2.14. The van der Waals surface area contributed by atoms with E-state index in [9.17, 15) is 23.1 Å². The van der Waals surface area contributed by atoms with Crippen LogP contribution in [-0.2, 0) is 14.8 Å². The zero-order valence-corrected chi connectivity index (χ0v) is 29.0. The molecule has 47 heavy (non-hydrogen) atoms. The van der Waals surface area contributed by atoms with Crippen molar-refractivity contribution in [2.75, 3.05) is 38.1 Å². The molecule has 2 aromatic rings. The number of amides is 3. The maximum atomic E-state index is 14.3. The van der Waals surface area contributed by atoms with Crippen molar-refractivity contribution in [2.24, 2.45) is 5.92 Å². The highest BCUT2D eigenvalue weighted by Gasteiger charge is 2.31. The van der Waals surface area contributed by atoms with E-state index >= 15 is 0 Å². The van der Waals surface area contributed by atoms with E-state index in [-0.39, 0.29) is 59.5 Å². The summed E-state index contributed by atoms with van der Waals surface area (Å²) in [6, 6.07) is 12.2. The van der Waals surface area contributed by atoms with Gasteiger partial charge in [0.05, 0.1) is 35.3 Å². The van der Waals surface area contributed by atoms with Crippen molar-refractivity contribution in [3.05, 3.63) is 54.1 Å². The number of carbonyl (C=O) groups excluding carboxylic acids is 2. The number of hydrogen-bond donors (Lipinski definition) is 3. The minimum absolute atomic E-state index is 0.101. The molecule has 4 rings (SSSR count). The lowest BCUT2D eigenvalue weighted by molar-refractivity contribution is -0.0123. The van der Waals surface area contributed by atoms with Gasteiger partial charge >= 0.3 is 6.03 Å². The number of hydrogen-bond acceptors (Lipinski definition) is 7. The zero-order valence-electron chi connectivity index (χ0n) is 28.2. The van der Waals surface area contributed by atoms with E-state index in [0.717, 1.165) is 44.9 Å². The van der Waals surface area contributed by atoms with Crippen LogP contribution < -0.4 is 14.8 Å². The molecule has 1 saturated carbocycles. The topological polar surface area (TPSA) is 138 Å². The van der Waals surface area contributed by atoms with Crippen molar-refractivity contribution in [3.8, 4) is 5.75 Å². The number of nitrogens with one attached hydrogen (secondary N) is 2. The molecule has 4 atom stereocenters. The van der Waals surface area contributed by atoms with Gasteiger partial charge in [0, 0.05) is 44.4 Å². The van der Waals surface area contributed by atoms with E-state index in [4.69, 9.17) is 9.47 Å². The summed E-state index contributed by atoms with van der Waals surface area (Å²) >= 11 is 0. The fourth-order valence-corrected chi connectivity index (χ4v) is 7.22. The van der Waals surface area contributed by atoms with E-state index in [0.29, 0.717) is 18.9 Å². The molecule has 11 nitrogen and oxygen atoms in total. The van der Waals surface area contributed by atoms with E-state index in [2.05, 4.69) is 10.0 Å². The Morgan fingerprint density at radius 1 is 1.04 bits per heavy atom. The van der Waals surface area contributed by atoms with Crippen LogP contribution in [0.1, 0.15) is 82.5 Å². The third-order valence-electron chi connectivity index (χ3n) is 9.09. The van der Waals surface area contributed by atoms with Crippen LogP contribution >= 0.6 is 0 Å². The van der Waals surface area contributed by atoms with Crippen molar-refractivity contribution in [2.45, 2.75) is 101 Å². The second-order valence-electron chi connectivity index (χ2n) is 13.1. The molecular weight excluding hydrogens is 620 g/mol. The van der Waals surface area contributed by atoms with Crippen LogP contribution in [0.2, 0.25) is 0 Å². The van der Waals surface area contributed by atoms with Crippen molar-refractivity contribution in [1.82, 2.24) is 15.1 Å². The van der Waals surface area contributed by atoms with Gasteiger partial charge in [-0.05, 0) is 76.3 Å². The Balaban J connectivity index is 1.60. The maximum absolute atomic E-state index is 14.3. The van der Waals surface area contributed by atoms with Gasteiger partial charge in [-0.25, -0.2) is 13.2 Å². The fourth-order valence-electron chi connectivity index (χ4n) is 6.15. The maximum Gasteiger partial charge on any atom is 0.317 e. The molecular formula is C35H52N4O7S. The number of rotatable bonds is 8. The number of nitrogens with zero attached hydrogens (tertiary/aromatic N) is 2. The molecule has 3 N–H and O–H groups in total. The van der Waals surface area contributed by atoms with Crippen molar-refractivity contribution >= 4 is 27.6 Å². The van der Waals surface area contributed by atoms with Gasteiger partial charge in [-0.1, -0.05) is 44.4 Å². The quantitative estimate of drug-likeness (QED) is 0.348. The second-order valence-corrected chi connectivity index (χ2v) is 14.8. The highest BCUT2D eigenvalue weighted by molar-refractivity contribution is 7.92. The Morgan fingerprint density at radius 2 is 1.74 bits per heavy atom. The molecule has 0 unspecified atom stereocenters. The summed E-state index contributed by atoms with van der Waals surface area (Å²) in [5, 5.41) is 13.4. The monoisotopic (exact) mass is 672 g/mol. The van der Waals surface area contributed by atoms with Crippen LogP contribution in [0.15, 0.2) is 53.4 Å². The number of aliphatic hydroxyl groups excluding tert-OH is 1. The molecule has 0 radical (unpaired) electrons. The third kappa shape index (κ3) is 10.3. The molecule has 1 fully saturated rings. The summed E-state index contributed by atoms with van der Waals surface area (Å²) < 4.78 is 41.4. The number of benzene rings is 2. The van der Waals surface area contributed by atoms with Crippen LogP contribution in [0.25, 0.3) is 0 Å². The third-order valence-corrected chi connectivity index (χ3v) is 10.5. The molecule has 1 heterocycles. The summed E-state index contributed by atoms with van der Waals surface area (Å²) in [5.74, 6) is -0.263. The molecule has 1 aliphatic carbocycles. The molecule has 260 valence electrons. The molecule has 2 aromatic carbocycles. The van der Waals surface area contributed by atoms with Crippen LogP contribution in [0, 0.1) is 5.92 Å². The smallest absolute Gasteiger partial charge is 0.317 e. The number of fused-ring (bicyclic) bond motifs is 1. The lowest BCUT2D eigenvalue weighted by Crippen LogP contribution is -2.50. The first-order chi connectivity index (χ1) is 22.5. The number of likely N-dealkylation sites (N-methyl/N-ethyl adjacent to an activating group) is 1. The predicted octanol–water partition coefficient (Wildman–Crippen LogP) is 5.26. The summed E-state index contributed by atoms with van der Waals surface area (Å²) in [6.07, 6.45) is 7.22. The second kappa shape index (κ2) is 17.2. The molecule has 0 spiro atoms. The molecule has 12 heteroatoms. The first kappa shape index (κ1) is 36.5. The van der Waals surface area contributed by atoms with Crippen LogP contribution in [0.5, 0.6) is 5.75 Å². The Labute approximate surface area is 280 Å². The fraction of sp³-hybridized carbons (Fsp3) is 0.600. The first-order valence-electron chi connectivity index (χ1n) is 16.9. The standard InChI is InChI=1S/C35H52N4O7S/c1-25-22-39(26(2)24-40)34(41)31-21-29(37-47(43,44)30-16-9-6-10-17-30)18-19-32(31)46-27(3)13-11-12-20-45-33(25)23-38(4)35(42)36-28-14-7-5-8-15-28/h6,9-10,16-19,21,25-28,33,37,40H,5,7-8,11-15,20,22-24H2,1-4H3,(H,36,42)/t25-,26+,27-,33-/m1/s1. The van der Waals surface area contributed by atoms with Gasteiger partial charge in [-0.2, -0.15) is 0 Å². The molecule has 0 bridgehead atoms. The van der Waals surface area contributed by atoms with E-state index in [1.165, 1.54) is 24.6 Å². The largest absolute Gasteiger partial charge is 0.490 e. The van der Waals surface area contributed by atoms with E-state index < -0.39 is 22.0 Å². The number of ether oxygens (including phenoxy) is 2. The lowest BCUT2D eigenvalue weighted by Gasteiger charge is -2.36. The number of carbonyl (C=O) groups is 2. The van der Waals surface area contributed by atoms with Crippen molar-refractivity contribution in [1.29, 1.82) is 0 Å². The van der Waals surface area contributed by atoms with Crippen molar-refractivity contribution < 1.29 is 32.6 Å². The minimum atomic E-state index is -3.91. The highest BCUT2D eigenvalue weighted by Crippen LogP contribution is 2.29. The Morgan fingerprint density at radius 3 is 2.45 bits per heavy atom. The average Bonchev–Trinajstić information content (AvgIpc) is 3.06. The summed E-state index contributed by atoms with van der Waals surface area (Å²) in [6.45, 7) is 6.49. The number of aliphatic hydroxyl groups is 1. The SMILES string of the molecule is C[C@@H]1CCCCO[C@H](CN(C)C(=O)NC2CCCCC2)[C@H](C)CN([C@@H](C)CO)C(=O)c2cc(NS(=O)(=O)c3ccccc3)ccc2O1. The zero-order chi connectivity index (χ0) is 34.0. The Kier molecular flexibility index (Phi) is 13.3. The van der Waals surface area contributed by atoms with Gasteiger partial charge < -0.3 is 29.7 Å². The molecule has 3 amide bonds. The van der Waals surface area contributed by atoms with Gasteiger partial charge in [0.25, 0.3) is 15.9 Å². The van der Waals surface area contributed by atoms with Crippen molar-refractivity contribution in [3.63, 3.8) is 0 Å². The molecule has 0 saturated heterocycles. The van der Waals surface area contributed by atoms with Crippen LogP contribution in [0.3, 0.4) is 0 Å². The Bertz CT molecular complexity index is 1420. The normalized spacial score (nSPS) is 22.7. The molecule has 1 aliphatic heterocycles. The Hall–Kier alpha value is -3.35. The van der Waals surface area contributed by atoms with Gasteiger partial charge in [0.1, 0.15) is 5.75 Å². The molecule has 0 aromatic heterocycles. The van der Waals surface area contributed by atoms with E-state index in [1.54, 1.807) is 54.1 Å². The molecule has 2 aliphatic rings. The average molecular weight is 673 g/mol.